The van der Waals surface area contributed by atoms with Crippen molar-refractivity contribution in [1.29, 1.82) is 0 Å². The normalized spacial score (nSPS) is 10.8. The first kappa shape index (κ1) is 14.9. The van der Waals surface area contributed by atoms with Crippen molar-refractivity contribution >= 4 is 17.4 Å². The lowest BCUT2D eigenvalue weighted by Crippen LogP contribution is -2.20. The van der Waals surface area contributed by atoms with Crippen LogP contribution in [-0.4, -0.2) is 18.6 Å². The maximum Gasteiger partial charge on any atom is 0.129 e. The van der Waals surface area contributed by atoms with Gasteiger partial charge in [-0.2, -0.15) is 0 Å². The minimum Gasteiger partial charge on any atom is -0.469 e. The number of aromatic nitrogens is 1. The second-order valence-electron chi connectivity index (χ2n) is 4.74. The van der Waals surface area contributed by atoms with E-state index in [0.29, 0.717) is 11.6 Å². The Balaban J connectivity index is 2.13. The predicted molar refractivity (Wildman–Crippen MR) is 82.2 cm³/mol. The number of anilines is 1. The Morgan fingerprint density at radius 2 is 2.15 bits per heavy atom. The Labute approximate surface area is 124 Å². The van der Waals surface area contributed by atoms with Crippen molar-refractivity contribution in [1.82, 2.24) is 10.3 Å². The van der Waals surface area contributed by atoms with Crippen LogP contribution in [0.5, 0.6) is 0 Å². The quantitative estimate of drug-likeness (QED) is 0.886. The van der Waals surface area contributed by atoms with Gasteiger partial charge in [-0.05, 0) is 31.7 Å². The number of nitrogens with zero attached hydrogens (tertiary/aromatic N) is 2. The highest BCUT2D eigenvalue weighted by atomic mass is 35.5. The molecule has 0 aliphatic carbocycles. The summed E-state index contributed by atoms with van der Waals surface area (Å²) in [6.07, 6.45) is 1.71. The van der Waals surface area contributed by atoms with Crippen LogP contribution >= 0.6 is 11.6 Å². The summed E-state index contributed by atoms with van der Waals surface area (Å²) < 4.78 is 5.32. The van der Waals surface area contributed by atoms with Crippen LogP contribution in [-0.2, 0) is 13.1 Å². The Kier molecular flexibility index (Phi) is 5.04. The summed E-state index contributed by atoms with van der Waals surface area (Å²) in [4.78, 5) is 6.71. The molecular formula is C15H20ClN3O. The average Bonchev–Trinajstić information content (AvgIpc) is 2.83. The Bertz CT molecular complexity index is 568. The van der Waals surface area contributed by atoms with E-state index in [1.165, 1.54) is 0 Å². The van der Waals surface area contributed by atoms with Gasteiger partial charge >= 0.3 is 0 Å². The number of halogens is 1. The van der Waals surface area contributed by atoms with Crippen molar-refractivity contribution < 1.29 is 4.42 Å². The summed E-state index contributed by atoms with van der Waals surface area (Å²) in [6, 6.07) is 5.82. The van der Waals surface area contributed by atoms with E-state index in [9.17, 15) is 0 Å². The number of hydrogen-bond donors (Lipinski definition) is 1. The van der Waals surface area contributed by atoms with Gasteiger partial charge in [0.2, 0.25) is 0 Å². The molecule has 5 heteroatoms. The van der Waals surface area contributed by atoms with Crippen LogP contribution in [0, 0.1) is 6.92 Å². The topological polar surface area (TPSA) is 41.3 Å². The van der Waals surface area contributed by atoms with E-state index in [1.54, 1.807) is 6.26 Å². The van der Waals surface area contributed by atoms with Crippen LogP contribution in [0.15, 0.2) is 28.9 Å². The molecule has 0 bridgehead atoms. The minimum atomic E-state index is 0.682. The Morgan fingerprint density at radius 3 is 2.80 bits per heavy atom. The molecule has 0 fully saturated rings. The molecule has 0 saturated heterocycles. The average molecular weight is 294 g/mol. The van der Waals surface area contributed by atoms with Crippen LogP contribution in [0.3, 0.4) is 0 Å². The van der Waals surface area contributed by atoms with E-state index in [2.05, 4.69) is 22.1 Å². The summed E-state index contributed by atoms with van der Waals surface area (Å²) in [5, 5.41) is 3.94. The first-order valence-electron chi connectivity index (χ1n) is 6.72. The van der Waals surface area contributed by atoms with Crippen molar-refractivity contribution in [2.24, 2.45) is 0 Å². The molecule has 0 unspecified atom stereocenters. The lowest BCUT2D eigenvalue weighted by molar-refractivity contribution is 0.529. The Morgan fingerprint density at radius 1 is 1.35 bits per heavy atom. The molecule has 20 heavy (non-hydrogen) atoms. The van der Waals surface area contributed by atoms with E-state index in [0.717, 1.165) is 35.9 Å². The molecule has 2 aromatic rings. The van der Waals surface area contributed by atoms with Crippen molar-refractivity contribution in [3.8, 4) is 0 Å². The van der Waals surface area contributed by atoms with Gasteiger partial charge in [-0.1, -0.05) is 18.5 Å². The molecule has 4 nitrogen and oxygen atoms in total. The number of nitrogens with one attached hydrogen (secondary N) is 1. The summed E-state index contributed by atoms with van der Waals surface area (Å²) in [7, 11) is 2.01. The van der Waals surface area contributed by atoms with Crippen LogP contribution in [0.2, 0.25) is 5.02 Å². The second kappa shape index (κ2) is 6.77. The van der Waals surface area contributed by atoms with Crippen molar-refractivity contribution in [3.63, 3.8) is 0 Å². The number of furan rings is 1. The van der Waals surface area contributed by atoms with Gasteiger partial charge in [0.15, 0.2) is 0 Å². The van der Waals surface area contributed by atoms with E-state index in [-0.39, 0.29) is 0 Å². The molecule has 1 N–H and O–H groups in total. The van der Waals surface area contributed by atoms with Gasteiger partial charge < -0.3 is 14.6 Å². The SMILES string of the molecule is CCNCc1nc(N(C)Cc2ccoc2C)ccc1Cl. The highest BCUT2D eigenvalue weighted by Crippen LogP contribution is 2.21. The lowest BCUT2D eigenvalue weighted by Gasteiger charge is -2.19. The van der Waals surface area contributed by atoms with E-state index in [1.807, 2.05) is 32.2 Å². The van der Waals surface area contributed by atoms with E-state index in [4.69, 9.17) is 16.0 Å². The van der Waals surface area contributed by atoms with Crippen LogP contribution < -0.4 is 10.2 Å². The third-order valence-electron chi connectivity index (χ3n) is 3.21. The second-order valence-corrected chi connectivity index (χ2v) is 5.14. The smallest absolute Gasteiger partial charge is 0.129 e. The molecule has 0 saturated carbocycles. The minimum absolute atomic E-state index is 0.682. The molecule has 108 valence electrons. The zero-order valence-corrected chi connectivity index (χ0v) is 12.9. The zero-order chi connectivity index (χ0) is 14.5. The molecule has 0 radical (unpaired) electrons. The standard InChI is InChI=1S/C15H20ClN3O/c1-4-17-9-14-13(16)5-6-15(18-14)19(3)10-12-7-8-20-11(12)2/h5-8,17H,4,9-10H2,1-3H3. The maximum atomic E-state index is 6.17. The summed E-state index contributed by atoms with van der Waals surface area (Å²) in [5.41, 5.74) is 2.04. The molecule has 0 aromatic carbocycles. The van der Waals surface area contributed by atoms with Crippen molar-refractivity contribution in [2.75, 3.05) is 18.5 Å². The largest absolute Gasteiger partial charge is 0.469 e. The van der Waals surface area contributed by atoms with Gasteiger partial charge in [-0.3, -0.25) is 0 Å². The van der Waals surface area contributed by atoms with Gasteiger partial charge in [0.1, 0.15) is 11.6 Å². The molecule has 2 aromatic heterocycles. The maximum absolute atomic E-state index is 6.17. The van der Waals surface area contributed by atoms with Gasteiger partial charge in [-0.15, -0.1) is 0 Å². The molecule has 2 heterocycles. The highest BCUT2D eigenvalue weighted by Gasteiger charge is 2.10. The van der Waals surface area contributed by atoms with Crippen molar-refractivity contribution in [3.05, 3.63) is 46.5 Å². The van der Waals surface area contributed by atoms with Crippen LogP contribution in [0.4, 0.5) is 5.82 Å². The van der Waals surface area contributed by atoms with E-state index >= 15 is 0 Å². The fourth-order valence-corrected chi connectivity index (χ4v) is 2.14. The monoisotopic (exact) mass is 293 g/mol. The molecule has 0 aliphatic heterocycles. The summed E-state index contributed by atoms with van der Waals surface area (Å²) in [6.45, 7) is 6.37. The first-order valence-corrected chi connectivity index (χ1v) is 7.10. The highest BCUT2D eigenvalue weighted by molar-refractivity contribution is 6.31. The molecule has 2 rings (SSSR count). The number of pyridine rings is 1. The molecule has 0 amide bonds. The first-order chi connectivity index (χ1) is 9.61. The van der Waals surface area contributed by atoms with Gasteiger partial charge in [0.05, 0.1) is 17.0 Å². The third kappa shape index (κ3) is 3.52. The number of hydrogen-bond acceptors (Lipinski definition) is 4. The molecule has 0 spiro atoms. The van der Waals surface area contributed by atoms with Gasteiger partial charge in [0, 0.05) is 25.7 Å². The van der Waals surface area contributed by atoms with Gasteiger partial charge in [0.25, 0.3) is 0 Å². The molecular weight excluding hydrogens is 274 g/mol. The fraction of sp³-hybridized carbons (Fsp3) is 0.400. The fourth-order valence-electron chi connectivity index (χ4n) is 1.96. The van der Waals surface area contributed by atoms with E-state index < -0.39 is 0 Å². The van der Waals surface area contributed by atoms with Crippen LogP contribution in [0.25, 0.3) is 0 Å². The predicted octanol–water partition coefficient (Wildman–Crippen LogP) is 3.38. The third-order valence-corrected chi connectivity index (χ3v) is 3.56. The zero-order valence-electron chi connectivity index (χ0n) is 12.1. The number of aryl methyl sites for hydroxylation is 1. The van der Waals surface area contributed by atoms with Crippen LogP contribution in [0.1, 0.15) is 23.9 Å². The lowest BCUT2D eigenvalue weighted by atomic mass is 10.2. The van der Waals surface area contributed by atoms with Crippen molar-refractivity contribution in [2.45, 2.75) is 26.9 Å². The molecule has 0 atom stereocenters. The number of rotatable bonds is 6. The molecule has 0 aliphatic rings. The summed E-state index contributed by atoms with van der Waals surface area (Å²) in [5.74, 6) is 1.85. The van der Waals surface area contributed by atoms with Gasteiger partial charge in [-0.25, -0.2) is 4.98 Å². The Hall–Kier alpha value is -1.52. The summed E-state index contributed by atoms with van der Waals surface area (Å²) >= 11 is 6.17.